The Morgan fingerprint density at radius 1 is 1.23 bits per heavy atom. The van der Waals surface area contributed by atoms with E-state index in [9.17, 15) is 9.59 Å². The lowest BCUT2D eigenvalue weighted by Crippen LogP contribution is -2.45. The van der Waals surface area contributed by atoms with E-state index in [1.165, 1.54) is 19.1 Å². The highest BCUT2D eigenvalue weighted by Crippen LogP contribution is 2.27. The molecule has 2 heterocycles. The Kier molecular flexibility index (Phi) is 10.6. The summed E-state index contributed by atoms with van der Waals surface area (Å²) in [6.45, 7) is 7.37. The van der Waals surface area contributed by atoms with Crippen LogP contribution >= 0.6 is 24.0 Å². The van der Waals surface area contributed by atoms with Crippen molar-refractivity contribution >= 4 is 41.8 Å². The van der Waals surface area contributed by atoms with Gasteiger partial charge in [0.25, 0.3) is 5.91 Å². The minimum absolute atomic E-state index is 0. The van der Waals surface area contributed by atoms with Gasteiger partial charge in [-0.2, -0.15) is 0 Å². The third-order valence-corrected chi connectivity index (χ3v) is 5.85. The van der Waals surface area contributed by atoms with Gasteiger partial charge in [0.2, 0.25) is 5.91 Å². The number of carbonyl (C=O) groups is 2. The first-order chi connectivity index (χ1) is 14.6. The third-order valence-electron chi connectivity index (χ3n) is 5.85. The first kappa shape index (κ1) is 25.5. The van der Waals surface area contributed by atoms with Gasteiger partial charge in [-0.3, -0.25) is 14.6 Å². The van der Waals surface area contributed by atoms with E-state index in [1.54, 1.807) is 6.07 Å². The Balaban J connectivity index is 0.00000341. The average Bonchev–Trinajstić information content (AvgIpc) is 3.49. The number of hydrogen-bond acceptors (Lipinski definition) is 4. The van der Waals surface area contributed by atoms with Crippen LogP contribution in [0.4, 0.5) is 0 Å². The minimum atomic E-state index is -0.190. The first-order valence-electron chi connectivity index (χ1n) is 11.2. The molecule has 9 heteroatoms. The molecule has 2 aliphatic rings. The number of furan rings is 1. The molecule has 3 rings (SSSR count). The number of guanidine groups is 1. The summed E-state index contributed by atoms with van der Waals surface area (Å²) >= 11 is 0. The molecule has 1 saturated carbocycles. The summed E-state index contributed by atoms with van der Waals surface area (Å²) in [5.74, 6) is 1.52. The predicted molar refractivity (Wildman–Crippen MR) is 132 cm³/mol. The lowest BCUT2D eigenvalue weighted by Gasteiger charge is -2.21. The van der Waals surface area contributed by atoms with Crippen molar-refractivity contribution in [3.63, 3.8) is 0 Å². The molecule has 2 fully saturated rings. The molecule has 1 unspecified atom stereocenters. The molecule has 0 spiro atoms. The standard InChI is InChI=1S/C22H35N5O3.HI/c1-3-23-22(25-12-6-11-24-20(28)19-16(2)10-14-30-19)26-18-9-13-27(15-18)21(29)17-7-4-5-8-17;/h10,14,17-18H,3-9,11-13,15H2,1-2H3,(H,24,28)(H2,23,25,26);1H. The summed E-state index contributed by atoms with van der Waals surface area (Å²) in [7, 11) is 0. The maximum Gasteiger partial charge on any atom is 0.287 e. The molecule has 1 aromatic heterocycles. The molecular formula is C22H36IN5O3. The maximum atomic E-state index is 12.6. The molecular weight excluding hydrogens is 509 g/mol. The molecule has 3 N–H and O–H groups in total. The third kappa shape index (κ3) is 7.40. The Bertz CT molecular complexity index is 745. The van der Waals surface area contributed by atoms with Crippen molar-refractivity contribution in [2.24, 2.45) is 10.9 Å². The van der Waals surface area contributed by atoms with Gasteiger partial charge in [-0.05, 0) is 45.6 Å². The fourth-order valence-electron chi connectivity index (χ4n) is 4.18. The molecule has 1 aromatic rings. The number of rotatable bonds is 8. The lowest BCUT2D eigenvalue weighted by atomic mass is 10.1. The van der Waals surface area contributed by atoms with Crippen LogP contribution in [0.25, 0.3) is 0 Å². The molecule has 2 amide bonds. The quantitative estimate of drug-likeness (QED) is 0.202. The van der Waals surface area contributed by atoms with E-state index in [1.807, 2.05) is 18.7 Å². The van der Waals surface area contributed by atoms with Crippen molar-refractivity contribution in [3.8, 4) is 0 Å². The minimum Gasteiger partial charge on any atom is -0.459 e. The Labute approximate surface area is 202 Å². The first-order valence-corrected chi connectivity index (χ1v) is 11.2. The summed E-state index contributed by atoms with van der Waals surface area (Å²) in [5.41, 5.74) is 0.834. The van der Waals surface area contributed by atoms with Crippen molar-refractivity contribution in [1.82, 2.24) is 20.9 Å². The molecule has 8 nitrogen and oxygen atoms in total. The SMILES string of the molecule is CCNC(=NCCCNC(=O)c1occc1C)NC1CCN(C(=O)C2CCCC2)C1.I. The largest absolute Gasteiger partial charge is 0.459 e. The zero-order chi connectivity index (χ0) is 21.3. The number of aliphatic imine (C=N–C) groups is 1. The van der Waals surface area contributed by atoms with E-state index in [0.717, 1.165) is 56.8 Å². The number of likely N-dealkylation sites (tertiary alicyclic amines) is 1. The second kappa shape index (κ2) is 12.9. The summed E-state index contributed by atoms with van der Waals surface area (Å²) in [4.78, 5) is 31.3. The number of nitrogens with one attached hydrogen (secondary N) is 3. The van der Waals surface area contributed by atoms with Gasteiger partial charge < -0.3 is 25.3 Å². The fourth-order valence-corrected chi connectivity index (χ4v) is 4.18. The van der Waals surface area contributed by atoms with Gasteiger partial charge in [0.05, 0.1) is 6.26 Å². The zero-order valence-electron chi connectivity index (χ0n) is 18.6. The van der Waals surface area contributed by atoms with E-state index in [0.29, 0.717) is 24.8 Å². The monoisotopic (exact) mass is 545 g/mol. The normalized spacial score (nSPS) is 19.2. The molecule has 1 saturated heterocycles. The number of aryl methyl sites for hydroxylation is 1. The van der Waals surface area contributed by atoms with Crippen molar-refractivity contribution in [2.75, 3.05) is 32.7 Å². The van der Waals surface area contributed by atoms with Crippen molar-refractivity contribution in [1.29, 1.82) is 0 Å². The van der Waals surface area contributed by atoms with Crippen LogP contribution in [0.5, 0.6) is 0 Å². The van der Waals surface area contributed by atoms with Gasteiger partial charge in [0.1, 0.15) is 0 Å². The highest BCUT2D eigenvalue weighted by atomic mass is 127. The van der Waals surface area contributed by atoms with E-state index >= 15 is 0 Å². The second-order valence-corrected chi connectivity index (χ2v) is 8.20. The lowest BCUT2D eigenvalue weighted by molar-refractivity contribution is -0.134. The number of hydrogen-bond donors (Lipinski definition) is 3. The van der Waals surface area contributed by atoms with E-state index in [2.05, 4.69) is 20.9 Å². The number of nitrogens with zero attached hydrogens (tertiary/aromatic N) is 2. The summed E-state index contributed by atoms with van der Waals surface area (Å²) < 4.78 is 5.20. The van der Waals surface area contributed by atoms with Crippen LogP contribution < -0.4 is 16.0 Å². The van der Waals surface area contributed by atoms with Crippen LogP contribution in [0, 0.1) is 12.8 Å². The average molecular weight is 545 g/mol. The number of halogens is 1. The number of carbonyl (C=O) groups excluding carboxylic acids is 2. The smallest absolute Gasteiger partial charge is 0.287 e. The summed E-state index contributed by atoms with van der Waals surface area (Å²) in [5, 5.41) is 9.60. The molecule has 31 heavy (non-hydrogen) atoms. The molecule has 1 aliphatic carbocycles. The zero-order valence-corrected chi connectivity index (χ0v) is 20.9. The van der Waals surface area contributed by atoms with Crippen LogP contribution in [0.3, 0.4) is 0 Å². The van der Waals surface area contributed by atoms with Gasteiger partial charge in [-0.25, -0.2) is 0 Å². The summed E-state index contributed by atoms with van der Waals surface area (Å²) in [6, 6.07) is 2.01. The van der Waals surface area contributed by atoms with Crippen LogP contribution in [-0.2, 0) is 4.79 Å². The maximum absolute atomic E-state index is 12.6. The Hall–Kier alpha value is -1.78. The van der Waals surface area contributed by atoms with Crippen LogP contribution in [0.1, 0.15) is 61.6 Å². The summed E-state index contributed by atoms with van der Waals surface area (Å²) in [6.07, 6.45) is 7.67. The molecule has 0 bridgehead atoms. The highest BCUT2D eigenvalue weighted by molar-refractivity contribution is 14.0. The Morgan fingerprint density at radius 2 is 2.00 bits per heavy atom. The second-order valence-electron chi connectivity index (χ2n) is 8.20. The predicted octanol–water partition coefficient (Wildman–Crippen LogP) is 2.67. The van der Waals surface area contributed by atoms with Gasteiger partial charge in [-0.1, -0.05) is 12.8 Å². The van der Waals surface area contributed by atoms with Crippen LogP contribution in [0.15, 0.2) is 21.7 Å². The van der Waals surface area contributed by atoms with Gasteiger partial charge in [0.15, 0.2) is 11.7 Å². The molecule has 1 atom stereocenters. The Morgan fingerprint density at radius 3 is 2.68 bits per heavy atom. The van der Waals surface area contributed by atoms with E-state index in [-0.39, 0.29) is 41.8 Å². The van der Waals surface area contributed by atoms with Crippen molar-refractivity contribution in [3.05, 3.63) is 23.7 Å². The highest BCUT2D eigenvalue weighted by Gasteiger charge is 2.32. The van der Waals surface area contributed by atoms with Crippen molar-refractivity contribution in [2.45, 2.75) is 58.4 Å². The molecule has 0 aromatic carbocycles. The van der Waals surface area contributed by atoms with Gasteiger partial charge in [0, 0.05) is 50.2 Å². The van der Waals surface area contributed by atoms with Crippen molar-refractivity contribution < 1.29 is 14.0 Å². The van der Waals surface area contributed by atoms with Gasteiger partial charge in [-0.15, -0.1) is 24.0 Å². The molecule has 0 radical (unpaired) electrons. The molecule has 1 aliphatic heterocycles. The van der Waals surface area contributed by atoms with E-state index < -0.39 is 0 Å². The molecule has 174 valence electrons. The topological polar surface area (TPSA) is 99.0 Å². The van der Waals surface area contributed by atoms with Gasteiger partial charge >= 0.3 is 0 Å². The van der Waals surface area contributed by atoms with Crippen LogP contribution in [0.2, 0.25) is 0 Å². The number of amides is 2. The van der Waals surface area contributed by atoms with Crippen LogP contribution in [-0.4, -0.2) is 61.4 Å². The fraction of sp³-hybridized carbons (Fsp3) is 0.682. The van der Waals surface area contributed by atoms with E-state index in [4.69, 9.17) is 4.42 Å².